The molecule has 0 bridgehead atoms. The maximum absolute atomic E-state index is 13.3. The van der Waals surface area contributed by atoms with Crippen molar-refractivity contribution >= 4 is 50.7 Å². The van der Waals surface area contributed by atoms with Gasteiger partial charge in [-0.15, -0.1) is 0 Å². The van der Waals surface area contributed by atoms with Crippen LogP contribution >= 0.6 is 23.2 Å². The first kappa shape index (κ1) is 28.0. The van der Waals surface area contributed by atoms with Gasteiger partial charge in [-0.1, -0.05) is 54.4 Å². The summed E-state index contributed by atoms with van der Waals surface area (Å²) >= 11 is 12.7. The van der Waals surface area contributed by atoms with E-state index >= 15 is 0 Å². The fourth-order valence-corrected chi connectivity index (χ4v) is 5.15. The molecular formula is C24H31Cl2N3O4S. The van der Waals surface area contributed by atoms with Gasteiger partial charge in [0.05, 0.1) is 11.9 Å². The molecule has 2 rings (SSSR count). The zero-order valence-electron chi connectivity index (χ0n) is 19.6. The minimum atomic E-state index is -3.53. The highest BCUT2D eigenvalue weighted by molar-refractivity contribution is 7.92. The summed E-state index contributed by atoms with van der Waals surface area (Å²) in [7, 11) is -3.53. The molecule has 7 nitrogen and oxygen atoms in total. The first-order valence-corrected chi connectivity index (χ1v) is 13.7. The standard InChI is InChI=1S/C24H31Cl2N3O4S/c1-4-22(24(31)27-5-2)28(17-19-20(25)13-9-14-21(19)26)23(30)15-10-16-29(34(3,32)33)18-11-7-6-8-12-18/h6-9,11-14,22H,4-5,10,15-17H2,1-3H3,(H,27,31)/t22-/m0/s1. The number of nitrogens with one attached hydrogen (secondary N) is 1. The number of likely N-dealkylation sites (N-methyl/N-ethyl adjacent to an activating group) is 1. The largest absolute Gasteiger partial charge is 0.355 e. The Labute approximate surface area is 212 Å². The summed E-state index contributed by atoms with van der Waals surface area (Å²) < 4.78 is 25.9. The lowest BCUT2D eigenvalue weighted by Crippen LogP contribution is -2.49. The lowest BCUT2D eigenvalue weighted by atomic mass is 10.1. The van der Waals surface area contributed by atoms with Crippen LogP contribution in [0.1, 0.15) is 38.7 Å². The van der Waals surface area contributed by atoms with Gasteiger partial charge >= 0.3 is 0 Å². The topological polar surface area (TPSA) is 86.8 Å². The third-order valence-electron chi connectivity index (χ3n) is 5.32. The van der Waals surface area contributed by atoms with Crippen molar-refractivity contribution in [2.45, 2.75) is 45.7 Å². The van der Waals surface area contributed by atoms with Crippen LogP contribution in [-0.4, -0.2) is 50.5 Å². The number of hydrogen-bond donors (Lipinski definition) is 1. The van der Waals surface area contributed by atoms with Gasteiger partial charge in [0.25, 0.3) is 0 Å². The first-order chi connectivity index (χ1) is 16.1. The van der Waals surface area contributed by atoms with Gasteiger partial charge < -0.3 is 10.2 Å². The number of benzene rings is 2. The van der Waals surface area contributed by atoms with Crippen LogP contribution < -0.4 is 9.62 Å². The van der Waals surface area contributed by atoms with Gasteiger partial charge in [0.15, 0.2) is 0 Å². The number of amides is 2. The number of sulfonamides is 1. The van der Waals surface area contributed by atoms with Crippen molar-refractivity contribution in [3.63, 3.8) is 0 Å². The number of hydrogen-bond acceptors (Lipinski definition) is 4. The van der Waals surface area contributed by atoms with Crippen LogP contribution in [0.5, 0.6) is 0 Å². The van der Waals surface area contributed by atoms with Crippen LogP contribution in [0, 0.1) is 0 Å². The molecule has 2 amide bonds. The van der Waals surface area contributed by atoms with Crippen LogP contribution in [-0.2, 0) is 26.2 Å². The second kappa shape index (κ2) is 13.0. The molecule has 2 aromatic rings. The summed E-state index contributed by atoms with van der Waals surface area (Å²) in [6, 6.07) is 13.1. The summed E-state index contributed by atoms with van der Waals surface area (Å²) in [5, 5.41) is 3.59. The summed E-state index contributed by atoms with van der Waals surface area (Å²) in [4.78, 5) is 27.5. The normalized spacial score (nSPS) is 12.1. The Morgan fingerprint density at radius 1 is 1.00 bits per heavy atom. The highest BCUT2D eigenvalue weighted by Crippen LogP contribution is 2.27. The number of para-hydroxylation sites is 1. The molecule has 0 fully saturated rings. The quantitative estimate of drug-likeness (QED) is 0.440. The Balaban J connectivity index is 2.24. The first-order valence-electron chi connectivity index (χ1n) is 11.1. The fraction of sp³-hybridized carbons (Fsp3) is 0.417. The van der Waals surface area contributed by atoms with E-state index in [1.807, 2.05) is 13.8 Å². The number of rotatable bonds is 12. The predicted octanol–water partition coefficient (Wildman–Crippen LogP) is 4.48. The second-order valence-corrected chi connectivity index (χ2v) is 10.5. The number of anilines is 1. The van der Waals surface area contributed by atoms with Crippen molar-refractivity contribution in [3.05, 3.63) is 64.1 Å². The number of carbonyl (C=O) groups is 2. The number of carbonyl (C=O) groups excluding carboxylic acids is 2. The van der Waals surface area contributed by atoms with Gasteiger partial charge in [0, 0.05) is 41.7 Å². The van der Waals surface area contributed by atoms with E-state index in [-0.39, 0.29) is 37.7 Å². The van der Waals surface area contributed by atoms with E-state index in [4.69, 9.17) is 23.2 Å². The van der Waals surface area contributed by atoms with Gasteiger partial charge in [0.1, 0.15) is 6.04 Å². The third-order valence-corrected chi connectivity index (χ3v) is 7.23. The van der Waals surface area contributed by atoms with Gasteiger partial charge in [-0.2, -0.15) is 0 Å². The Bertz CT molecular complexity index is 1060. The van der Waals surface area contributed by atoms with Crippen molar-refractivity contribution in [2.24, 2.45) is 0 Å². The van der Waals surface area contributed by atoms with Crippen molar-refractivity contribution < 1.29 is 18.0 Å². The lowest BCUT2D eigenvalue weighted by Gasteiger charge is -2.31. The monoisotopic (exact) mass is 527 g/mol. The molecule has 0 saturated carbocycles. The van der Waals surface area contributed by atoms with E-state index in [1.165, 1.54) is 9.21 Å². The molecule has 1 N–H and O–H groups in total. The van der Waals surface area contributed by atoms with Crippen molar-refractivity contribution in [2.75, 3.05) is 23.7 Å². The molecule has 0 aliphatic carbocycles. The van der Waals surface area contributed by atoms with E-state index in [9.17, 15) is 18.0 Å². The Hall–Kier alpha value is -2.29. The SMILES string of the molecule is CCNC(=O)[C@H](CC)N(Cc1c(Cl)cccc1Cl)C(=O)CCCN(c1ccccc1)S(C)(=O)=O. The van der Waals surface area contributed by atoms with E-state index in [0.717, 1.165) is 6.26 Å². The molecule has 0 spiro atoms. The van der Waals surface area contributed by atoms with Gasteiger partial charge in [-0.25, -0.2) is 8.42 Å². The molecule has 0 aromatic heterocycles. The summed E-state index contributed by atoms with van der Waals surface area (Å²) in [6.45, 7) is 4.28. The van der Waals surface area contributed by atoms with Crippen LogP contribution in [0.15, 0.2) is 48.5 Å². The fourth-order valence-electron chi connectivity index (χ4n) is 3.66. The van der Waals surface area contributed by atoms with Gasteiger partial charge in [-0.05, 0) is 44.0 Å². The second-order valence-electron chi connectivity index (χ2n) is 7.81. The van der Waals surface area contributed by atoms with Crippen LogP contribution in [0.2, 0.25) is 10.0 Å². The van der Waals surface area contributed by atoms with E-state index in [1.54, 1.807) is 48.5 Å². The molecule has 0 saturated heterocycles. The zero-order valence-corrected chi connectivity index (χ0v) is 22.0. The summed E-state index contributed by atoms with van der Waals surface area (Å²) in [5.41, 5.74) is 1.09. The van der Waals surface area contributed by atoms with Crippen molar-refractivity contribution in [1.82, 2.24) is 10.2 Å². The minimum Gasteiger partial charge on any atom is -0.355 e. The molecular weight excluding hydrogens is 497 g/mol. The zero-order chi connectivity index (χ0) is 25.3. The molecule has 34 heavy (non-hydrogen) atoms. The van der Waals surface area contributed by atoms with E-state index in [2.05, 4.69) is 5.32 Å². The third kappa shape index (κ3) is 7.61. The van der Waals surface area contributed by atoms with Crippen molar-refractivity contribution in [3.8, 4) is 0 Å². The summed E-state index contributed by atoms with van der Waals surface area (Å²) in [6.07, 6.45) is 1.87. The molecule has 0 heterocycles. The predicted molar refractivity (Wildman–Crippen MR) is 138 cm³/mol. The molecule has 0 aliphatic heterocycles. The number of nitrogens with zero attached hydrogens (tertiary/aromatic N) is 2. The Morgan fingerprint density at radius 3 is 2.15 bits per heavy atom. The van der Waals surface area contributed by atoms with Crippen LogP contribution in [0.3, 0.4) is 0 Å². The highest BCUT2D eigenvalue weighted by atomic mass is 35.5. The molecule has 0 aliphatic rings. The highest BCUT2D eigenvalue weighted by Gasteiger charge is 2.29. The van der Waals surface area contributed by atoms with Crippen LogP contribution in [0.4, 0.5) is 5.69 Å². The Kier molecular flexibility index (Phi) is 10.7. The minimum absolute atomic E-state index is 0.0524. The van der Waals surface area contributed by atoms with Gasteiger partial charge in [-0.3, -0.25) is 13.9 Å². The lowest BCUT2D eigenvalue weighted by molar-refractivity contribution is -0.141. The molecule has 0 radical (unpaired) electrons. The smallest absolute Gasteiger partial charge is 0.242 e. The molecule has 2 aromatic carbocycles. The van der Waals surface area contributed by atoms with Crippen molar-refractivity contribution in [1.29, 1.82) is 0 Å². The molecule has 1 atom stereocenters. The van der Waals surface area contributed by atoms with Crippen LogP contribution in [0.25, 0.3) is 0 Å². The molecule has 186 valence electrons. The van der Waals surface area contributed by atoms with E-state index < -0.39 is 16.1 Å². The molecule has 0 unspecified atom stereocenters. The van der Waals surface area contributed by atoms with E-state index in [0.29, 0.717) is 34.3 Å². The summed E-state index contributed by atoms with van der Waals surface area (Å²) in [5.74, 6) is -0.542. The average molecular weight is 529 g/mol. The number of halogens is 2. The molecule has 10 heteroatoms. The van der Waals surface area contributed by atoms with Gasteiger partial charge in [0.2, 0.25) is 21.8 Å². The Morgan fingerprint density at radius 2 is 1.62 bits per heavy atom. The average Bonchev–Trinajstić information content (AvgIpc) is 2.78. The maximum Gasteiger partial charge on any atom is 0.242 e. The maximum atomic E-state index is 13.3.